The van der Waals surface area contributed by atoms with Crippen LogP contribution in [0.3, 0.4) is 0 Å². The third-order valence-corrected chi connectivity index (χ3v) is 4.94. The zero-order chi connectivity index (χ0) is 15.3. The number of ether oxygens (including phenoxy) is 2. The standard InChI is InChI=1S/C16H14BrN3O2/c1-9-15(17)10(2)20-8-12(19-16(20)18-9)11-3-4-13-14(7-11)22-6-5-21-13/h3-4,7-8H,5-6H2,1-2H3. The lowest BCUT2D eigenvalue weighted by atomic mass is 10.1. The van der Waals surface area contributed by atoms with Crippen LogP contribution in [0.4, 0.5) is 0 Å². The van der Waals surface area contributed by atoms with Crippen molar-refractivity contribution in [2.24, 2.45) is 0 Å². The molecule has 0 fully saturated rings. The van der Waals surface area contributed by atoms with E-state index in [2.05, 4.69) is 25.9 Å². The van der Waals surface area contributed by atoms with Gasteiger partial charge in [-0.25, -0.2) is 9.97 Å². The van der Waals surface area contributed by atoms with Crippen LogP contribution in [0.5, 0.6) is 11.5 Å². The summed E-state index contributed by atoms with van der Waals surface area (Å²) >= 11 is 3.57. The molecule has 22 heavy (non-hydrogen) atoms. The Bertz CT molecular complexity index is 889. The van der Waals surface area contributed by atoms with Crippen LogP contribution in [0.1, 0.15) is 11.4 Å². The first kappa shape index (κ1) is 13.6. The van der Waals surface area contributed by atoms with Gasteiger partial charge in [-0.15, -0.1) is 0 Å². The molecule has 1 aliphatic rings. The van der Waals surface area contributed by atoms with E-state index in [4.69, 9.17) is 9.47 Å². The zero-order valence-corrected chi connectivity index (χ0v) is 13.8. The summed E-state index contributed by atoms with van der Waals surface area (Å²) in [6, 6.07) is 5.88. The van der Waals surface area contributed by atoms with Crippen LogP contribution in [0, 0.1) is 13.8 Å². The van der Waals surface area contributed by atoms with Gasteiger partial charge in [-0.2, -0.15) is 0 Å². The summed E-state index contributed by atoms with van der Waals surface area (Å²) in [5, 5.41) is 0. The zero-order valence-electron chi connectivity index (χ0n) is 12.3. The second kappa shape index (κ2) is 4.98. The number of rotatable bonds is 1. The van der Waals surface area contributed by atoms with Gasteiger partial charge in [0.15, 0.2) is 11.5 Å². The van der Waals surface area contributed by atoms with Crippen molar-refractivity contribution in [3.05, 3.63) is 40.3 Å². The van der Waals surface area contributed by atoms with Gasteiger partial charge < -0.3 is 9.47 Å². The van der Waals surface area contributed by atoms with Crippen LogP contribution in [0.2, 0.25) is 0 Å². The molecule has 1 aromatic carbocycles. The first-order valence-electron chi connectivity index (χ1n) is 7.05. The lowest BCUT2D eigenvalue weighted by Gasteiger charge is -2.18. The Morgan fingerprint density at radius 3 is 2.68 bits per heavy atom. The smallest absolute Gasteiger partial charge is 0.234 e. The Labute approximate surface area is 136 Å². The maximum absolute atomic E-state index is 5.64. The fourth-order valence-corrected chi connectivity index (χ4v) is 2.88. The molecule has 2 aromatic heterocycles. The molecule has 0 N–H and O–H groups in total. The Hall–Kier alpha value is -2.08. The van der Waals surface area contributed by atoms with E-state index in [1.807, 2.05) is 42.6 Å². The number of imidazole rings is 1. The molecule has 6 heteroatoms. The summed E-state index contributed by atoms with van der Waals surface area (Å²) in [4.78, 5) is 9.15. The third kappa shape index (κ3) is 2.06. The molecular weight excluding hydrogens is 346 g/mol. The number of aryl methyl sites for hydroxylation is 2. The average molecular weight is 360 g/mol. The van der Waals surface area contributed by atoms with Crippen molar-refractivity contribution < 1.29 is 9.47 Å². The summed E-state index contributed by atoms with van der Waals surface area (Å²) < 4.78 is 14.2. The molecule has 0 unspecified atom stereocenters. The maximum atomic E-state index is 5.64. The van der Waals surface area contributed by atoms with E-state index < -0.39 is 0 Å². The van der Waals surface area contributed by atoms with Crippen molar-refractivity contribution >= 4 is 21.7 Å². The highest BCUT2D eigenvalue weighted by atomic mass is 79.9. The SMILES string of the molecule is Cc1nc2nc(-c3ccc4c(c3)OCCO4)cn2c(C)c1Br. The molecule has 112 valence electrons. The molecule has 3 aromatic rings. The van der Waals surface area contributed by atoms with E-state index in [9.17, 15) is 0 Å². The Kier molecular flexibility index (Phi) is 3.07. The van der Waals surface area contributed by atoms with E-state index in [0.717, 1.165) is 38.6 Å². The third-order valence-electron chi connectivity index (χ3n) is 3.79. The van der Waals surface area contributed by atoms with Gasteiger partial charge in [0, 0.05) is 17.5 Å². The van der Waals surface area contributed by atoms with Gasteiger partial charge in [0.05, 0.1) is 15.9 Å². The van der Waals surface area contributed by atoms with Gasteiger partial charge >= 0.3 is 0 Å². The van der Waals surface area contributed by atoms with Gasteiger partial charge in [0.2, 0.25) is 5.78 Å². The molecule has 0 radical (unpaired) electrons. The second-order valence-electron chi connectivity index (χ2n) is 5.25. The first-order chi connectivity index (χ1) is 10.6. The van der Waals surface area contributed by atoms with Crippen LogP contribution >= 0.6 is 15.9 Å². The molecule has 0 bridgehead atoms. The van der Waals surface area contributed by atoms with Crippen molar-refractivity contribution in [3.63, 3.8) is 0 Å². The molecule has 4 rings (SSSR count). The fraction of sp³-hybridized carbons (Fsp3) is 0.250. The monoisotopic (exact) mass is 359 g/mol. The predicted octanol–water partition coefficient (Wildman–Crippen LogP) is 3.55. The average Bonchev–Trinajstić information content (AvgIpc) is 2.96. The second-order valence-corrected chi connectivity index (χ2v) is 6.04. The molecule has 0 aliphatic carbocycles. The lowest BCUT2D eigenvalue weighted by Crippen LogP contribution is -2.15. The fourth-order valence-electron chi connectivity index (χ4n) is 2.60. The number of hydrogen-bond donors (Lipinski definition) is 0. The number of hydrogen-bond acceptors (Lipinski definition) is 4. The molecule has 0 amide bonds. The Balaban J connectivity index is 1.86. The van der Waals surface area contributed by atoms with E-state index in [-0.39, 0.29) is 0 Å². The van der Waals surface area contributed by atoms with Crippen LogP contribution < -0.4 is 9.47 Å². The number of aromatic nitrogens is 3. The van der Waals surface area contributed by atoms with Crippen molar-refractivity contribution in [1.29, 1.82) is 0 Å². The van der Waals surface area contributed by atoms with Crippen LogP contribution in [-0.4, -0.2) is 27.6 Å². The maximum Gasteiger partial charge on any atom is 0.234 e. The minimum atomic E-state index is 0.578. The number of halogens is 1. The van der Waals surface area contributed by atoms with E-state index in [1.54, 1.807) is 0 Å². The Morgan fingerprint density at radius 2 is 1.86 bits per heavy atom. The molecule has 1 aliphatic heterocycles. The van der Waals surface area contributed by atoms with Crippen LogP contribution in [-0.2, 0) is 0 Å². The molecular formula is C16H14BrN3O2. The van der Waals surface area contributed by atoms with Crippen LogP contribution in [0.15, 0.2) is 28.9 Å². The highest BCUT2D eigenvalue weighted by molar-refractivity contribution is 9.10. The topological polar surface area (TPSA) is 48.7 Å². The molecule has 0 atom stereocenters. The molecule has 0 saturated carbocycles. The summed E-state index contributed by atoms with van der Waals surface area (Å²) in [5.74, 6) is 2.25. The number of fused-ring (bicyclic) bond motifs is 2. The highest BCUT2D eigenvalue weighted by Gasteiger charge is 2.15. The summed E-state index contributed by atoms with van der Waals surface area (Å²) in [6.07, 6.45) is 1.99. The van der Waals surface area contributed by atoms with Crippen LogP contribution in [0.25, 0.3) is 17.0 Å². The van der Waals surface area contributed by atoms with Gasteiger partial charge in [-0.1, -0.05) is 0 Å². The predicted molar refractivity (Wildman–Crippen MR) is 86.6 cm³/mol. The van der Waals surface area contributed by atoms with Gasteiger partial charge in [-0.3, -0.25) is 4.40 Å². The molecule has 3 heterocycles. The number of benzene rings is 1. The summed E-state index contributed by atoms with van der Waals surface area (Å²) in [7, 11) is 0. The first-order valence-corrected chi connectivity index (χ1v) is 7.84. The lowest BCUT2D eigenvalue weighted by molar-refractivity contribution is 0.171. The summed E-state index contributed by atoms with van der Waals surface area (Å²) in [6.45, 7) is 5.18. The highest BCUT2D eigenvalue weighted by Crippen LogP contribution is 2.34. The van der Waals surface area contributed by atoms with Crippen molar-refractivity contribution in [3.8, 4) is 22.8 Å². The van der Waals surface area contributed by atoms with E-state index in [1.165, 1.54) is 0 Å². The van der Waals surface area contributed by atoms with E-state index >= 15 is 0 Å². The van der Waals surface area contributed by atoms with Crippen molar-refractivity contribution in [2.75, 3.05) is 13.2 Å². The molecule has 5 nitrogen and oxygen atoms in total. The molecule has 0 spiro atoms. The largest absolute Gasteiger partial charge is 0.486 e. The minimum Gasteiger partial charge on any atom is -0.486 e. The van der Waals surface area contributed by atoms with Crippen molar-refractivity contribution in [1.82, 2.24) is 14.4 Å². The van der Waals surface area contributed by atoms with E-state index in [0.29, 0.717) is 19.0 Å². The van der Waals surface area contributed by atoms with Crippen molar-refractivity contribution in [2.45, 2.75) is 13.8 Å². The van der Waals surface area contributed by atoms with Gasteiger partial charge in [0.1, 0.15) is 13.2 Å². The normalized spacial score (nSPS) is 13.6. The molecule has 0 saturated heterocycles. The summed E-state index contributed by atoms with van der Waals surface area (Å²) in [5.41, 5.74) is 3.87. The Morgan fingerprint density at radius 1 is 1.09 bits per heavy atom. The van der Waals surface area contributed by atoms with Gasteiger partial charge in [0.25, 0.3) is 0 Å². The quantitative estimate of drug-likeness (QED) is 0.666. The van der Waals surface area contributed by atoms with Gasteiger partial charge in [-0.05, 0) is 48.0 Å². The minimum absolute atomic E-state index is 0.578. The number of nitrogens with zero attached hydrogens (tertiary/aromatic N) is 3.